The number of likely N-dealkylation sites (N-methyl/N-ethyl adjacent to an activating group) is 1. The Hall–Kier alpha value is -3.09. The number of benzene rings is 2. The Bertz CT molecular complexity index is 869. The third-order valence-corrected chi connectivity index (χ3v) is 4.75. The molecule has 2 unspecified atom stereocenters. The van der Waals surface area contributed by atoms with E-state index in [9.17, 15) is 14.0 Å². The topological polar surface area (TPSA) is 67.9 Å². The first-order valence-corrected chi connectivity index (χ1v) is 9.55. The van der Waals surface area contributed by atoms with Crippen LogP contribution in [0.5, 0.6) is 11.5 Å². The number of fused-ring (bicyclic) bond motifs is 1. The summed E-state index contributed by atoms with van der Waals surface area (Å²) >= 11 is 0. The summed E-state index contributed by atoms with van der Waals surface area (Å²) in [6, 6.07) is 11.9. The number of amides is 2. The maximum absolute atomic E-state index is 13.1. The number of nitrogens with one attached hydrogen (secondary N) is 1. The van der Waals surface area contributed by atoms with Crippen molar-refractivity contribution in [3.8, 4) is 11.5 Å². The molecule has 1 N–H and O–H groups in total. The number of carbonyl (C=O) groups is 2. The van der Waals surface area contributed by atoms with E-state index in [0.29, 0.717) is 30.2 Å². The SMILES string of the molecule is CC(C)C(NC(=O)c1ccc(F)cc1)C(=O)N(C)CC1COc2ccccc2O1. The van der Waals surface area contributed by atoms with Crippen molar-refractivity contribution in [3.63, 3.8) is 0 Å². The van der Waals surface area contributed by atoms with Gasteiger partial charge in [-0.1, -0.05) is 26.0 Å². The first-order chi connectivity index (χ1) is 13.8. The van der Waals surface area contributed by atoms with Crippen molar-refractivity contribution in [2.45, 2.75) is 26.0 Å². The Balaban J connectivity index is 1.62. The van der Waals surface area contributed by atoms with Gasteiger partial charge in [0.25, 0.3) is 5.91 Å². The van der Waals surface area contributed by atoms with E-state index in [1.54, 1.807) is 7.05 Å². The zero-order valence-electron chi connectivity index (χ0n) is 16.7. The second-order valence-electron chi connectivity index (χ2n) is 7.42. The Morgan fingerprint density at radius 3 is 2.45 bits per heavy atom. The second kappa shape index (κ2) is 8.94. The number of ether oxygens (including phenoxy) is 2. The Kier molecular flexibility index (Phi) is 6.36. The summed E-state index contributed by atoms with van der Waals surface area (Å²) in [7, 11) is 1.67. The molecule has 0 saturated heterocycles. The average molecular weight is 400 g/mol. The van der Waals surface area contributed by atoms with Crippen molar-refractivity contribution in [2.24, 2.45) is 5.92 Å². The summed E-state index contributed by atoms with van der Waals surface area (Å²) in [5, 5.41) is 2.76. The van der Waals surface area contributed by atoms with Gasteiger partial charge in [0.15, 0.2) is 17.6 Å². The van der Waals surface area contributed by atoms with Crippen LogP contribution in [0.4, 0.5) is 4.39 Å². The summed E-state index contributed by atoms with van der Waals surface area (Å²) < 4.78 is 24.7. The minimum atomic E-state index is -0.714. The van der Waals surface area contributed by atoms with E-state index in [4.69, 9.17) is 9.47 Å². The minimum Gasteiger partial charge on any atom is -0.486 e. The van der Waals surface area contributed by atoms with Crippen molar-refractivity contribution in [1.29, 1.82) is 0 Å². The summed E-state index contributed by atoms with van der Waals surface area (Å²) in [4.78, 5) is 27.0. The van der Waals surface area contributed by atoms with E-state index in [-0.39, 0.29) is 17.9 Å². The highest BCUT2D eigenvalue weighted by Gasteiger charge is 2.30. The van der Waals surface area contributed by atoms with Gasteiger partial charge in [0.05, 0.1) is 6.54 Å². The van der Waals surface area contributed by atoms with Crippen LogP contribution in [0.25, 0.3) is 0 Å². The fourth-order valence-electron chi connectivity index (χ4n) is 3.13. The maximum atomic E-state index is 13.1. The molecule has 0 spiro atoms. The van der Waals surface area contributed by atoms with Gasteiger partial charge in [-0.2, -0.15) is 0 Å². The molecule has 154 valence electrons. The Labute approximate surface area is 169 Å². The van der Waals surface area contributed by atoms with E-state index in [1.165, 1.54) is 29.2 Å². The quantitative estimate of drug-likeness (QED) is 0.810. The van der Waals surface area contributed by atoms with Crippen LogP contribution in [0.1, 0.15) is 24.2 Å². The van der Waals surface area contributed by atoms with Crippen molar-refractivity contribution < 1.29 is 23.5 Å². The van der Waals surface area contributed by atoms with Crippen LogP contribution in [0.15, 0.2) is 48.5 Å². The van der Waals surface area contributed by atoms with E-state index in [1.807, 2.05) is 38.1 Å². The van der Waals surface area contributed by atoms with Crippen molar-refractivity contribution in [3.05, 3.63) is 59.9 Å². The second-order valence-corrected chi connectivity index (χ2v) is 7.42. The summed E-state index contributed by atoms with van der Waals surface area (Å²) in [6.45, 7) is 4.38. The summed E-state index contributed by atoms with van der Waals surface area (Å²) in [5.41, 5.74) is 0.299. The molecule has 3 rings (SSSR count). The highest BCUT2D eigenvalue weighted by atomic mass is 19.1. The molecule has 1 aliphatic heterocycles. The van der Waals surface area contributed by atoms with Crippen LogP contribution in [0.3, 0.4) is 0 Å². The number of rotatable bonds is 6. The summed E-state index contributed by atoms with van der Waals surface area (Å²) in [5.74, 6) is 0.140. The molecule has 0 saturated carbocycles. The molecule has 0 aliphatic carbocycles. The highest BCUT2D eigenvalue weighted by Crippen LogP contribution is 2.31. The minimum absolute atomic E-state index is 0.126. The van der Waals surface area contributed by atoms with Crippen LogP contribution in [-0.4, -0.2) is 49.1 Å². The van der Waals surface area contributed by atoms with Gasteiger partial charge in [-0.05, 0) is 42.3 Å². The fourth-order valence-corrected chi connectivity index (χ4v) is 3.13. The largest absolute Gasteiger partial charge is 0.486 e. The molecule has 1 aliphatic rings. The lowest BCUT2D eigenvalue weighted by Crippen LogP contribution is -2.52. The van der Waals surface area contributed by atoms with Crippen LogP contribution in [-0.2, 0) is 4.79 Å². The number of carbonyl (C=O) groups excluding carboxylic acids is 2. The van der Waals surface area contributed by atoms with Crippen LogP contribution in [0, 0.1) is 11.7 Å². The van der Waals surface area contributed by atoms with Crippen molar-refractivity contribution in [1.82, 2.24) is 10.2 Å². The third-order valence-electron chi connectivity index (χ3n) is 4.75. The van der Waals surface area contributed by atoms with E-state index in [2.05, 4.69) is 5.32 Å². The van der Waals surface area contributed by atoms with Crippen LogP contribution < -0.4 is 14.8 Å². The van der Waals surface area contributed by atoms with Gasteiger partial charge in [0, 0.05) is 12.6 Å². The molecule has 0 fully saturated rings. The van der Waals surface area contributed by atoms with Gasteiger partial charge in [-0.25, -0.2) is 4.39 Å². The zero-order valence-corrected chi connectivity index (χ0v) is 16.7. The van der Waals surface area contributed by atoms with Gasteiger partial charge in [-0.3, -0.25) is 9.59 Å². The van der Waals surface area contributed by atoms with Gasteiger partial charge in [0.1, 0.15) is 18.5 Å². The molecule has 29 heavy (non-hydrogen) atoms. The van der Waals surface area contributed by atoms with Gasteiger partial charge >= 0.3 is 0 Å². The van der Waals surface area contributed by atoms with Crippen LogP contribution in [0.2, 0.25) is 0 Å². The molecule has 0 aromatic heterocycles. The van der Waals surface area contributed by atoms with E-state index < -0.39 is 17.8 Å². The molecule has 2 aromatic carbocycles. The molecule has 0 bridgehead atoms. The normalized spacial score (nSPS) is 16.2. The maximum Gasteiger partial charge on any atom is 0.251 e. The molecular formula is C22H25FN2O4. The lowest BCUT2D eigenvalue weighted by molar-refractivity contribution is -0.134. The molecule has 6 nitrogen and oxygen atoms in total. The molecule has 0 radical (unpaired) electrons. The highest BCUT2D eigenvalue weighted by molar-refractivity contribution is 5.97. The Morgan fingerprint density at radius 1 is 1.14 bits per heavy atom. The lowest BCUT2D eigenvalue weighted by Gasteiger charge is -2.32. The lowest BCUT2D eigenvalue weighted by atomic mass is 10.0. The van der Waals surface area contributed by atoms with E-state index >= 15 is 0 Å². The number of para-hydroxylation sites is 2. The van der Waals surface area contributed by atoms with E-state index in [0.717, 1.165) is 0 Å². The number of hydrogen-bond acceptors (Lipinski definition) is 4. The zero-order chi connectivity index (χ0) is 21.0. The number of hydrogen-bond donors (Lipinski definition) is 1. The predicted octanol–water partition coefficient (Wildman–Crippen LogP) is 2.88. The molecule has 2 amide bonds. The number of halogens is 1. The fraction of sp³-hybridized carbons (Fsp3) is 0.364. The third kappa shape index (κ3) is 5.04. The molecule has 7 heteroatoms. The van der Waals surface area contributed by atoms with Gasteiger partial charge < -0.3 is 19.7 Å². The van der Waals surface area contributed by atoms with Crippen molar-refractivity contribution >= 4 is 11.8 Å². The summed E-state index contributed by atoms with van der Waals surface area (Å²) in [6.07, 6.45) is -0.306. The average Bonchev–Trinajstić information content (AvgIpc) is 2.71. The molecule has 2 atom stereocenters. The standard InChI is InChI=1S/C22H25FN2O4/c1-14(2)20(24-21(26)15-8-10-16(23)11-9-15)22(27)25(3)12-17-13-28-18-6-4-5-7-19(18)29-17/h4-11,14,17,20H,12-13H2,1-3H3,(H,24,26). The predicted molar refractivity (Wildman–Crippen MR) is 106 cm³/mol. The molecule has 1 heterocycles. The van der Waals surface area contributed by atoms with Gasteiger partial charge in [0.2, 0.25) is 5.91 Å². The van der Waals surface area contributed by atoms with Crippen LogP contribution >= 0.6 is 0 Å². The monoisotopic (exact) mass is 400 g/mol. The van der Waals surface area contributed by atoms with Crippen molar-refractivity contribution in [2.75, 3.05) is 20.2 Å². The first-order valence-electron chi connectivity index (χ1n) is 9.55. The molecular weight excluding hydrogens is 375 g/mol. The number of nitrogens with zero attached hydrogens (tertiary/aromatic N) is 1. The smallest absolute Gasteiger partial charge is 0.251 e. The first kappa shape index (κ1) is 20.6. The molecule has 2 aromatic rings. The Morgan fingerprint density at radius 2 is 1.79 bits per heavy atom. The van der Waals surface area contributed by atoms with Gasteiger partial charge in [-0.15, -0.1) is 0 Å².